The fraction of sp³-hybridized carbons (Fsp3) is 0.0455. The first-order valence-electron chi connectivity index (χ1n) is 8.55. The Kier molecular flexibility index (Phi) is 2.40. The lowest BCUT2D eigenvalue weighted by molar-refractivity contribution is 0.887. The maximum atomic E-state index is 4.89. The summed E-state index contributed by atoms with van der Waals surface area (Å²) in [5, 5.41) is 1.26. The highest BCUT2D eigenvalue weighted by Crippen LogP contribution is 2.45. The zero-order valence-corrected chi connectivity index (χ0v) is 13.5. The van der Waals surface area contributed by atoms with Crippen LogP contribution < -0.4 is 0 Å². The Balaban J connectivity index is 1.76. The molecule has 1 aliphatic rings. The van der Waals surface area contributed by atoms with E-state index in [1.54, 1.807) is 0 Å². The van der Waals surface area contributed by atoms with E-state index >= 15 is 0 Å². The Morgan fingerprint density at radius 2 is 1.64 bits per heavy atom. The molecule has 6 rings (SSSR count). The van der Waals surface area contributed by atoms with Crippen LogP contribution in [0.3, 0.4) is 0 Å². The molecule has 3 nitrogen and oxygen atoms in total. The molecule has 118 valence electrons. The molecule has 3 aromatic carbocycles. The summed E-state index contributed by atoms with van der Waals surface area (Å²) in [6.45, 7) is 0.923. The second kappa shape index (κ2) is 4.61. The van der Waals surface area contributed by atoms with E-state index in [9.17, 15) is 0 Å². The highest BCUT2D eigenvalue weighted by molar-refractivity contribution is 6.05. The molecule has 0 aliphatic carbocycles. The number of aromatic amines is 1. The number of para-hydroxylation sites is 3. The van der Waals surface area contributed by atoms with Crippen molar-refractivity contribution in [2.24, 2.45) is 0 Å². The summed E-state index contributed by atoms with van der Waals surface area (Å²) >= 11 is 0. The lowest BCUT2D eigenvalue weighted by atomic mass is 10.0. The summed E-state index contributed by atoms with van der Waals surface area (Å²) in [4.78, 5) is 8.41. The molecule has 0 saturated heterocycles. The van der Waals surface area contributed by atoms with Gasteiger partial charge >= 0.3 is 0 Å². The van der Waals surface area contributed by atoms with Crippen LogP contribution in [0.4, 0.5) is 0 Å². The standard InChI is InChI=1S/C22H15N3/c1-2-8-15-14(7-1)13-25-19-12-6-3-9-16(19)20(21(15)25)22-23-17-10-4-5-11-18(17)24-22/h1-12H,13H2,(H,23,24). The van der Waals surface area contributed by atoms with Gasteiger partial charge < -0.3 is 9.55 Å². The number of hydrogen-bond donors (Lipinski definition) is 1. The van der Waals surface area contributed by atoms with Crippen LogP contribution in [-0.4, -0.2) is 14.5 Å². The van der Waals surface area contributed by atoms with Gasteiger partial charge in [-0.3, -0.25) is 0 Å². The molecule has 0 bridgehead atoms. The minimum atomic E-state index is 0.923. The van der Waals surface area contributed by atoms with Gasteiger partial charge in [-0.2, -0.15) is 0 Å². The van der Waals surface area contributed by atoms with E-state index in [-0.39, 0.29) is 0 Å². The van der Waals surface area contributed by atoms with Crippen molar-refractivity contribution in [1.29, 1.82) is 0 Å². The Bertz CT molecular complexity index is 1240. The molecule has 0 spiro atoms. The number of hydrogen-bond acceptors (Lipinski definition) is 1. The molecule has 3 heterocycles. The van der Waals surface area contributed by atoms with Crippen molar-refractivity contribution >= 4 is 21.9 Å². The van der Waals surface area contributed by atoms with E-state index in [2.05, 4.69) is 70.2 Å². The summed E-state index contributed by atoms with van der Waals surface area (Å²) in [7, 11) is 0. The van der Waals surface area contributed by atoms with Crippen molar-refractivity contribution in [2.45, 2.75) is 6.54 Å². The predicted molar refractivity (Wildman–Crippen MR) is 102 cm³/mol. The molecule has 1 N–H and O–H groups in total. The van der Waals surface area contributed by atoms with E-state index in [4.69, 9.17) is 4.98 Å². The van der Waals surface area contributed by atoms with Gasteiger partial charge in [0.25, 0.3) is 0 Å². The molecule has 25 heavy (non-hydrogen) atoms. The summed E-state index contributed by atoms with van der Waals surface area (Å²) < 4.78 is 2.42. The van der Waals surface area contributed by atoms with E-state index in [0.717, 1.165) is 23.4 Å². The smallest absolute Gasteiger partial charge is 0.141 e. The summed E-state index contributed by atoms with van der Waals surface area (Å²) in [5.41, 5.74) is 8.52. The molecule has 0 fully saturated rings. The average Bonchev–Trinajstić information content (AvgIpc) is 3.32. The van der Waals surface area contributed by atoms with E-state index in [1.165, 1.54) is 33.3 Å². The van der Waals surface area contributed by atoms with E-state index < -0.39 is 0 Å². The number of nitrogens with one attached hydrogen (secondary N) is 1. The highest BCUT2D eigenvalue weighted by Gasteiger charge is 2.27. The maximum Gasteiger partial charge on any atom is 0.141 e. The number of fused-ring (bicyclic) bond motifs is 6. The SMILES string of the molecule is c1ccc2c(c1)Cn1c-2c(-c2nc3ccccc3[nH]2)c2ccccc21. The third-order valence-corrected chi connectivity index (χ3v) is 5.20. The van der Waals surface area contributed by atoms with Crippen LogP contribution in [0, 0.1) is 0 Å². The number of rotatable bonds is 1. The van der Waals surface area contributed by atoms with Crippen LogP contribution >= 0.6 is 0 Å². The van der Waals surface area contributed by atoms with E-state index in [1.807, 2.05) is 12.1 Å². The fourth-order valence-corrected chi connectivity index (χ4v) is 4.12. The minimum Gasteiger partial charge on any atom is -0.338 e. The van der Waals surface area contributed by atoms with Crippen LogP contribution in [0.2, 0.25) is 0 Å². The Hall–Kier alpha value is -3.33. The van der Waals surface area contributed by atoms with E-state index in [0.29, 0.717) is 0 Å². The lowest BCUT2D eigenvalue weighted by Crippen LogP contribution is -1.91. The Morgan fingerprint density at radius 1 is 0.840 bits per heavy atom. The van der Waals surface area contributed by atoms with Crippen LogP contribution in [0.25, 0.3) is 44.6 Å². The number of aromatic nitrogens is 3. The van der Waals surface area contributed by atoms with Gasteiger partial charge in [-0.25, -0.2) is 4.98 Å². The van der Waals surface area contributed by atoms with Gasteiger partial charge in [-0.15, -0.1) is 0 Å². The molecule has 0 unspecified atom stereocenters. The van der Waals surface area contributed by atoms with Gasteiger partial charge in [-0.1, -0.05) is 54.6 Å². The molecule has 2 aromatic heterocycles. The van der Waals surface area contributed by atoms with Crippen molar-refractivity contribution in [1.82, 2.24) is 14.5 Å². The molecule has 5 aromatic rings. The third kappa shape index (κ3) is 1.67. The molecular formula is C22H15N3. The highest BCUT2D eigenvalue weighted by atomic mass is 15.0. The predicted octanol–water partition coefficient (Wildman–Crippen LogP) is 5.21. The van der Waals surface area contributed by atoms with Crippen molar-refractivity contribution in [3.05, 3.63) is 78.4 Å². The number of imidazole rings is 1. The molecule has 0 atom stereocenters. The molecule has 0 amide bonds. The molecule has 0 radical (unpaired) electrons. The fourth-order valence-electron chi connectivity index (χ4n) is 4.12. The first-order valence-corrected chi connectivity index (χ1v) is 8.55. The van der Waals surface area contributed by atoms with Crippen molar-refractivity contribution in [3.8, 4) is 22.6 Å². The van der Waals surface area contributed by atoms with Gasteiger partial charge in [-0.05, 0) is 23.8 Å². The Labute approximate surface area is 144 Å². The lowest BCUT2D eigenvalue weighted by Gasteiger charge is -2.02. The van der Waals surface area contributed by atoms with Crippen molar-refractivity contribution in [3.63, 3.8) is 0 Å². The quantitative estimate of drug-likeness (QED) is 0.443. The van der Waals surface area contributed by atoms with Gasteiger partial charge in [0.2, 0.25) is 0 Å². The average molecular weight is 321 g/mol. The molecule has 1 aliphatic heterocycles. The largest absolute Gasteiger partial charge is 0.338 e. The van der Waals surface area contributed by atoms with Crippen LogP contribution in [0.1, 0.15) is 5.56 Å². The number of benzene rings is 3. The molecular weight excluding hydrogens is 306 g/mol. The van der Waals surface area contributed by atoms with Crippen molar-refractivity contribution in [2.75, 3.05) is 0 Å². The van der Waals surface area contributed by atoms with Crippen LogP contribution in [0.15, 0.2) is 72.8 Å². The summed E-state index contributed by atoms with van der Waals surface area (Å²) in [5.74, 6) is 0.947. The first-order chi connectivity index (χ1) is 12.4. The normalized spacial score (nSPS) is 12.6. The molecule has 0 saturated carbocycles. The van der Waals surface area contributed by atoms with Gasteiger partial charge in [0.15, 0.2) is 0 Å². The van der Waals surface area contributed by atoms with Crippen LogP contribution in [0.5, 0.6) is 0 Å². The molecule has 3 heteroatoms. The zero-order valence-electron chi connectivity index (χ0n) is 13.5. The Morgan fingerprint density at radius 3 is 2.60 bits per heavy atom. The van der Waals surface area contributed by atoms with Gasteiger partial charge in [0.05, 0.1) is 22.3 Å². The number of nitrogens with zero attached hydrogens (tertiary/aromatic N) is 2. The first kappa shape index (κ1) is 13.0. The van der Waals surface area contributed by atoms with Crippen LogP contribution in [-0.2, 0) is 6.54 Å². The topological polar surface area (TPSA) is 33.6 Å². The monoisotopic (exact) mass is 321 g/mol. The third-order valence-electron chi connectivity index (χ3n) is 5.20. The van der Waals surface area contributed by atoms with Gasteiger partial charge in [0, 0.05) is 23.0 Å². The van der Waals surface area contributed by atoms with Gasteiger partial charge in [0.1, 0.15) is 5.82 Å². The minimum absolute atomic E-state index is 0.923. The maximum absolute atomic E-state index is 4.89. The van der Waals surface area contributed by atoms with Crippen molar-refractivity contribution < 1.29 is 0 Å². The summed E-state index contributed by atoms with van der Waals surface area (Å²) in [6, 6.07) is 25.5. The second-order valence-corrected chi connectivity index (χ2v) is 6.59. The summed E-state index contributed by atoms with van der Waals surface area (Å²) in [6.07, 6.45) is 0. The zero-order chi connectivity index (χ0) is 16.4. The second-order valence-electron chi connectivity index (χ2n) is 6.59. The number of H-pyrrole nitrogens is 1.